The zero-order chi connectivity index (χ0) is 15.0. The van der Waals surface area contributed by atoms with Crippen molar-refractivity contribution in [1.29, 1.82) is 0 Å². The van der Waals surface area contributed by atoms with Gasteiger partial charge < -0.3 is 17.3 Å². The van der Waals surface area contributed by atoms with E-state index in [-0.39, 0.29) is 62.1 Å². The third-order valence-corrected chi connectivity index (χ3v) is 5.25. The van der Waals surface area contributed by atoms with Crippen LogP contribution < -0.4 is 4.74 Å². The second kappa shape index (κ2) is 7.60. The molecule has 3 rings (SSSR count). The maximum absolute atomic E-state index is 12.7. The molecule has 0 spiro atoms. The number of benzene rings is 2. The van der Waals surface area contributed by atoms with E-state index in [2.05, 4.69) is 6.08 Å². The molecule has 0 aliphatic heterocycles. The summed E-state index contributed by atoms with van der Waals surface area (Å²) in [6, 6.07) is 11.4. The Morgan fingerprint density at radius 1 is 1.13 bits per heavy atom. The van der Waals surface area contributed by atoms with Crippen molar-refractivity contribution >= 4 is 14.7 Å². The molecule has 1 radical (unpaired) electrons. The zero-order valence-corrected chi connectivity index (χ0v) is 16.6. The fourth-order valence-corrected chi connectivity index (χ4v) is 3.89. The molecule has 6 heteroatoms. The Labute approximate surface area is 162 Å². The number of phenols is 1. The van der Waals surface area contributed by atoms with Crippen LogP contribution in [-0.4, -0.2) is 20.6 Å². The van der Waals surface area contributed by atoms with Gasteiger partial charge in [0.15, 0.2) is 15.6 Å². The fraction of sp³-hybridized carbons (Fsp3) is 0.118. The van der Waals surface area contributed by atoms with Gasteiger partial charge in [-0.1, -0.05) is 35.1 Å². The van der Waals surface area contributed by atoms with Crippen LogP contribution in [0, 0.1) is 13.5 Å². The van der Waals surface area contributed by atoms with E-state index >= 15 is 0 Å². The van der Waals surface area contributed by atoms with Crippen LogP contribution in [0.25, 0.3) is 4.91 Å². The minimum atomic E-state index is -3.63. The van der Waals surface area contributed by atoms with Gasteiger partial charge in [0.05, 0.1) is 12.0 Å². The number of aromatic hydroxyl groups is 1. The van der Waals surface area contributed by atoms with Crippen LogP contribution in [0.3, 0.4) is 0 Å². The minimum absolute atomic E-state index is 0. The average Bonchev–Trinajstić information content (AvgIpc) is 2.94. The summed E-state index contributed by atoms with van der Waals surface area (Å²) < 4.78 is 30.3. The van der Waals surface area contributed by atoms with Crippen molar-refractivity contribution in [2.75, 3.05) is 7.11 Å². The van der Waals surface area contributed by atoms with E-state index in [0.29, 0.717) is 16.9 Å². The van der Waals surface area contributed by atoms with Crippen molar-refractivity contribution in [3.05, 3.63) is 67.1 Å². The molecule has 0 saturated carbocycles. The van der Waals surface area contributed by atoms with Crippen LogP contribution in [-0.2, 0) is 49.0 Å². The topological polar surface area (TPSA) is 63.6 Å². The quantitative estimate of drug-likeness (QED) is 0.798. The van der Waals surface area contributed by atoms with Gasteiger partial charge in [0, 0.05) is 32.7 Å². The molecule has 0 aromatic heterocycles. The first kappa shape index (κ1) is 19.9. The molecule has 4 nitrogen and oxygen atoms in total. The molecule has 23 heavy (non-hydrogen) atoms. The number of ether oxygens (including phenoxy) is 1. The number of fused-ring (bicyclic) bond motifs is 1. The molecule has 0 saturated heterocycles. The first-order valence-electron chi connectivity index (χ1n) is 6.36. The van der Waals surface area contributed by atoms with E-state index in [1.54, 1.807) is 42.5 Å². The van der Waals surface area contributed by atoms with Crippen molar-refractivity contribution in [2.24, 2.45) is 0 Å². The number of hydrogen-bond donors (Lipinski definition) is 1. The SMILES string of the molecule is COc1ccc2c(c1O)C[C-]=C2S(=O)(=O)c1ccccc1.[CH3-].[Y]. The summed E-state index contributed by atoms with van der Waals surface area (Å²) in [4.78, 5) is 0.331. The van der Waals surface area contributed by atoms with Crippen LogP contribution in [0.5, 0.6) is 11.5 Å². The van der Waals surface area contributed by atoms with Crippen molar-refractivity contribution in [1.82, 2.24) is 0 Å². The minimum Gasteiger partial charge on any atom is -0.505 e. The number of allylic oxidation sites excluding steroid dienone is 1. The van der Waals surface area contributed by atoms with E-state index in [4.69, 9.17) is 4.74 Å². The van der Waals surface area contributed by atoms with Gasteiger partial charge in [0.25, 0.3) is 0 Å². The Hall–Kier alpha value is -1.17. The third-order valence-electron chi connectivity index (χ3n) is 3.46. The molecular formula is C17H16O4SY-2. The van der Waals surface area contributed by atoms with Crippen LogP contribution >= 0.6 is 0 Å². The monoisotopic (exact) mass is 405 g/mol. The fourth-order valence-electron chi connectivity index (χ4n) is 2.39. The van der Waals surface area contributed by atoms with Gasteiger partial charge in [0.2, 0.25) is 0 Å². The Balaban J connectivity index is 0.00000132. The van der Waals surface area contributed by atoms with Crippen LogP contribution in [0.4, 0.5) is 0 Å². The van der Waals surface area contributed by atoms with Crippen LogP contribution in [0.2, 0.25) is 0 Å². The summed E-state index contributed by atoms with van der Waals surface area (Å²) >= 11 is 0. The van der Waals surface area contributed by atoms with Gasteiger partial charge in [-0.2, -0.15) is 5.56 Å². The summed E-state index contributed by atoms with van der Waals surface area (Å²) in [5.41, 5.74) is 1.01. The first-order valence-corrected chi connectivity index (χ1v) is 7.84. The molecule has 2 aromatic rings. The third kappa shape index (κ3) is 3.37. The molecular weight excluding hydrogens is 389 g/mol. The van der Waals surface area contributed by atoms with Crippen molar-refractivity contribution in [3.8, 4) is 11.5 Å². The van der Waals surface area contributed by atoms with Gasteiger partial charge in [0.1, 0.15) is 5.75 Å². The predicted molar refractivity (Wildman–Crippen MR) is 85.1 cm³/mol. The second-order valence-electron chi connectivity index (χ2n) is 4.64. The van der Waals surface area contributed by atoms with Gasteiger partial charge in [-0.05, 0) is 18.2 Å². The van der Waals surface area contributed by atoms with Crippen molar-refractivity contribution < 1.29 is 51.0 Å². The van der Waals surface area contributed by atoms with Crippen molar-refractivity contribution in [2.45, 2.75) is 11.3 Å². The molecule has 119 valence electrons. The number of sulfone groups is 1. The predicted octanol–water partition coefficient (Wildman–Crippen LogP) is 3.02. The summed E-state index contributed by atoms with van der Waals surface area (Å²) in [7, 11) is -2.18. The Morgan fingerprint density at radius 2 is 1.78 bits per heavy atom. The van der Waals surface area contributed by atoms with Crippen LogP contribution in [0.15, 0.2) is 47.4 Å². The molecule has 1 aliphatic rings. The largest absolute Gasteiger partial charge is 0.505 e. The summed E-state index contributed by atoms with van der Waals surface area (Å²) in [5, 5.41) is 10.1. The normalized spacial score (nSPS) is 12.5. The molecule has 0 atom stereocenters. The van der Waals surface area contributed by atoms with Gasteiger partial charge in [-0.3, -0.25) is 6.08 Å². The number of hydrogen-bond acceptors (Lipinski definition) is 4. The number of rotatable bonds is 3. The Morgan fingerprint density at radius 3 is 2.39 bits per heavy atom. The first-order chi connectivity index (χ1) is 10.1. The molecule has 1 aliphatic carbocycles. The van der Waals surface area contributed by atoms with Gasteiger partial charge >= 0.3 is 0 Å². The van der Waals surface area contributed by atoms with Gasteiger partial charge in [-0.15, -0.1) is 6.07 Å². The maximum Gasteiger partial charge on any atom is 0.173 e. The Kier molecular flexibility index (Phi) is 6.57. The molecule has 0 unspecified atom stereocenters. The standard InChI is InChI=1S/C16H13O4S.CH3.Y/c1-20-14-9-7-12-13(16(14)17)8-10-15(12)21(18,19)11-5-3-2-4-6-11;;/h2-7,9,17H,8H2,1H3;1H3;/q2*-1;. The zero-order valence-electron chi connectivity index (χ0n) is 12.9. The summed E-state index contributed by atoms with van der Waals surface area (Å²) in [6.07, 6.45) is 3.12. The Bertz CT molecular complexity index is 827. The molecule has 2 aromatic carbocycles. The van der Waals surface area contributed by atoms with E-state index in [1.165, 1.54) is 7.11 Å². The summed E-state index contributed by atoms with van der Waals surface area (Å²) in [6.45, 7) is 0. The smallest absolute Gasteiger partial charge is 0.173 e. The molecule has 1 N–H and O–H groups in total. The van der Waals surface area contributed by atoms with Crippen molar-refractivity contribution in [3.63, 3.8) is 0 Å². The van der Waals surface area contributed by atoms with Gasteiger partial charge in [-0.25, -0.2) is 8.42 Å². The van der Waals surface area contributed by atoms with Crippen LogP contribution in [0.1, 0.15) is 11.1 Å². The average molecular weight is 405 g/mol. The number of methoxy groups -OCH3 is 1. The molecule has 0 heterocycles. The van der Waals surface area contributed by atoms with E-state index in [1.807, 2.05) is 0 Å². The van der Waals surface area contributed by atoms with E-state index in [9.17, 15) is 13.5 Å². The van der Waals surface area contributed by atoms with E-state index in [0.717, 1.165) is 0 Å². The summed E-state index contributed by atoms with van der Waals surface area (Å²) in [5.74, 6) is 0.301. The molecule has 0 fully saturated rings. The molecule has 0 amide bonds. The maximum atomic E-state index is 12.7. The number of phenolic OH excluding ortho intramolecular Hbond substituents is 1. The van der Waals surface area contributed by atoms with E-state index < -0.39 is 9.84 Å². The molecule has 0 bridgehead atoms. The second-order valence-corrected chi connectivity index (χ2v) is 6.53.